The normalized spacial score (nSPS) is 14.5. The summed E-state index contributed by atoms with van der Waals surface area (Å²) in [5.41, 5.74) is 2.31. The Labute approximate surface area is 219 Å². The fraction of sp³-hybridized carbons (Fsp3) is 0.333. The van der Waals surface area contributed by atoms with Crippen LogP contribution < -0.4 is 15.4 Å². The van der Waals surface area contributed by atoms with Crippen LogP contribution >= 0.6 is 11.3 Å². The highest BCUT2D eigenvalue weighted by Crippen LogP contribution is 2.39. The summed E-state index contributed by atoms with van der Waals surface area (Å²) >= 11 is 1.42. The van der Waals surface area contributed by atoms with Crippen LogP contribution in [-0.4, -0.2) is 41.3 Å². The summed E-state index contributed by atoms with van der Waals surface area (Å²) < 4.78 is 12.9. The lowest BCUT2D eigenvalue weighted by atomic mass is 9.88. The van der Waals surface area contributed by atoms with Gasteiger partial charge in [-0.2, -0.15) is 5.26 Å². The maximum Gasteiger partial charge on any atom is 0.407 e. The van der Waals surface area contributed by atoms with Crippen LogP contribution in [0.25, 0.3) is 6.08 Å². The molecular formula is C27H29N5O4S. The van der Waals surface area contributed by atoms with Crippen molar-refractivity contribution in [2.45, 2.75) is 32.7 Å². The first-order valence-electron chi connectivity index (χ1n) is 12.2. The Kier molecular flexibility index (Phi) is 8.94. The first kappa shape index (κ1) is 26.0. The van der Waals surface area contributed by atoms with Gasteiger partial charge in [-0.1, -0.05) is 18.2 Å². The van der Waals surface area contributed by atoms with E-state index < -0.39 is 6.09 Å². The molecule has 1 aromatic carbocycles. The number of anilines is 1. The number of carbonyl (C=O) groups excluding carboxylic acids is 2. The Morgan fingerprint density at radius 1 is 1.35 bits per heavy atom. The predicted octanol–water partition coefficient (Wildman–Crippen LogP) is 4.40. The van der Waals surface area contributed by atoms with E-state index in [0.717, 1.165) is 22.4 Å². The largest absolute Gasteiger partial charge is 0.493 e. The van der Waals surface area contributed by atoms with Crippen molar-refractivity contribution in [2.24, 2.45) is 5.92 Å². The number of hydrogen-bond donors (Lipinski definition) is 2. The fourth-order valence-corrected chi connectivity index (χ4v) is 5.49. The minimum Gasteiger partial charge on any atom is -0.493 e. The molecule has 0 bridgehead atoms. The first-order chi connectivity index (χ1) is 18.1. The molecule has 4 rings (SSSR count). The Bertz CT molecular complexity index is 1290. The topological polar surface area (TPSA) is 118 Å². The molecule has 0 saturated heterocycles. The third kappa shape index (κ3) is 6.98. The van der Waals surface area contributed by atoms with Gasteiger partial charge in [0.05, 0.1) is 25.1 Å². The summed E-state index contributed by atoms with van der Waals surface area (Å²) in [6, 6.07) is 9.75. The first-order valence-corrected chi connectivity index (χ1v) is 13.0. The zero-order valence-corrected chi connectivity index (χ0v) is 21.4. The second-order valence-electron chi connectivity index (χ2n) is 8.55. The van der Waals surface area contributed by atoms with E-state index in [0.29, 0.717) is 55.5 Å². The number of thiophene rings is 1. The molecule has 0 spiro atoms. The van der Waals surface area contributed by atoms with Gasteiger partial charge in [-0.05, 0) is 49.8 Å². The number of hydrogen-bond acceptors (Lipinski definition) is 7. The number of nitrogens with one attached hydrogen (secondary N) is 2. The molecule has 192 valence electrons. The number of fused-ring (bicyclic) bond motifs is 1. The molecule has 2 amide bonds. The SMILES string of the molecule is CCOc1ccccc1/C=C/C(=O)Nc1sc2c(c1C#N)CCC(COC(=O)NCCn1ccnc1)C2. The van der Waals surface area contributed by atoms with E-state index in [1.54, 1.807) is 18.6 Å². The van der Waals surface area contributed by atoms with Gasteiger partial charge >= 0.3 is 6.09 Å². The highest BCUT2D eigenvalue weighted by Gasteiger charge is 2.27. The summed E-state index contributed by atoms with van der Waals surface area (Å²) in [5.74, 6) is 0.558. The molecule has 2 aromatic heterocycles. The predicted molar refractivity (Wildman–Crippen MR) is 141 cm³/mol. The van der Waals surface area contributed by atoms with Crippen molar-refractivity contribution < 1.29 is 19.1 Å². The Morgan fingerprint density at radius 2 is 2.22 bits per heavy atom. The van der Waals surface area contributed by atoms with Gasteiger partial charge < -0.3 is 24.7 Å². The van der Waals surface area contributed by atoms with Crippen molar-refractivity contribution in [2.75, 3.05) is 25.1 Å². The van der Waals surface area contributed by atoms with Crippen LogP contribution in [0.3, 0.4) is 0 Å². The summed E-state index contributed by atoms with van der Waals surface area (Å²) in [4.78, 5) is 29.7. The number of nitrogens with zero attached hydrogens (tertiary/aromatic N) is 3. The van der Waals surface area contributed by atoms with Gasteiger partial charge in [0.25, 0.3) is 0 Å². The minimum atomic E-state index is -0.444. The van der Waals surface area contributed by atoms with Crippen LogP contribution in [0.15, 0.2) is 49.1 Å². The number of nitriles is 1. The number of para-hydroxylation sites is 1. The minimum absolute atomic E-state index is 0.163. The second kappa shape index (κ2) is 12.7. The van der Waals surface area contributed by atoms with E-state index >= 15 is 0 Å². The lowest BCUT2D eigenvalue weighted by Gasteiger charge is -2.21. The number of imidazole rings is 1. The van der Waals surface area contributed by atoms with Gasteiger partial charge in [-0.3, -0.25) is 4.79 Å². The number of carbonyl (C=O) groups is 2. The summed E-state index contributed by atoms with van der Waals surface area (Å²) in [6.07, 6.45) is 10.1. The zero-order valence-electron chi connectivity index (χ0n) is 20.6. The van der Waals surface area contributed by atoms with Gasteiger partial charge in [-0.15, -0.1) is 11.3 Å². The number of ether oxygens (including phenoxy) is 2. The second-order valence-corrected chi connectivity index (χ2v) is 9.65. The molecule has 0 aliphatic heterocycles. The lowest BCUT2D eigenvalue weighted by molar-refractivity contribution is -0.111. The zero-order chi connectivity index (χ0) is 26.0. The average molecular weight is 520 g/mol. The molecule has 2 heterocycles. The van der Waals surface area contributed by atoms with Crippen LogP contribution in [-0.2, 0) is 28.9 Å². The van der Waals surface area contributed by atoms with Crippen LogP contribution in [0, 0.1) is 17.2 Å². The van der Waals surface area contributed by atoms with Gasteiger partial charge in [0.1, 0.15) is 16.8 Å². The maximum atomic E-state index is 12.6. The molecule has 10 heteroatoms. The van der Waals surface area contributed by atoms with Crippen molar-refractivity contribution in [1.29, 1.82) is 5.26 Å². The maximum absolute atomic E-state index is 12.6. The molecule has 2 N–H and O–H groups in total. The van der Waals surface area contributed by atoms with Crippen LogP contribution in [0.5, 0.6) is 5.75 Å². The third-order valence-electron chi connectivity index (χ3n) is 6.00. The standard InChI is InChI=1S/C27H29N5O4S/c1-2-35-23-6-4-3-5-20(23)8-10-25(33)31-26-22(16-28)21-9-7-19(15-24(21)37-26)17-36-27(34)30-12-14-32-13-11-29-18-32/h3-6,8,10-11,13,18-19H,2,7,9,12,14-15,17H2,1H3,(H,30,34)(H,31,33)/b10-8+. The smallest absolute Gasteiger partial charge is 0.407 e. The summed E-state index contributed by atoms with van der Waals surface area (Å²) in [7, 11) is 0. The van der Waals surface area contributed by atoms with Gasteiger partial charge in [0.2, 0.25) is 5.91 Å². The fourth-order valence-electron chi connectivity index (χ4n) is 4.18. The number of benzene rings is 1. The third-order valence-corrected chi connectivity index (χ3v) is 7.17. The Morgan fingerprint density at radius 3 is 3.00 bits per heavy atom. The highest BCUT2D eigenvalue weighted by molar-refractivity contribution is 7.16. The molecule has 1 aliphatic rings. The van der Waals surface area contributed by atoms with Crippen molar-refractivity contribution in [1.82, 2.24) is 14.9 Å². The van der Waals surface area contributed by atoms with E-state index in [1.165, 1.54) is 17.4 Å². The average Bonchev–Trinajstić information content (AvgIpc) is 3.54. The van der Waals surface area contributed by atoms with Gasteiger partial charge in [0.15, 0.2) is 0 Å². The molecule has 0 fully saturated rings. The van der Waals surface area contributed by atoms with Crippen LogP contribution in [0.4, 0.5) is 9.80 Å². The highest BCUT2D eigenvalue weighted by atomic mass is 32.1. The van der Waals surface area contributed by atoms with E-state index in [4.69, 9.17) is 9.47 Å². The monoisotopic (exact) mass is 519 g/mol. The van der Waals surface area contributed by atoms with Crippen molar-refractivity contribution in [3.05, 3.63) is 70.6 Å². The molecule has 1 aliphatic carbocycles. The summed E-state index contributed by atoms with van der Waals surface area (Å²) in [5, 5.41) is 15.9. The van der Waals surface area contributed by atoms with Gasteiger partial charge in [0, 0.05) is 42.0 Å². The Balaban J connectivity index is 1.31. The van der Waals surface area contributed by atoms with Crippen molar-refractivity contribution in [3.8, 4) is 11.8 Å². The molecule has 3 aromatic rings. The van der Waals surface area contributed by atoms with E-state index in [1.807, 2.05) is 42.0 Å². The van der Waals surface area contributed by atoms with Crippen molar-refractivity contribution in [3.63, 3.8) is 0 Å². The van der Waals surface area contributed by atoms with Crippen molar-refractivity contribution >= 4 is 34.4 Å². The Hall–Kier alpha value is -4.10. The molecule has 0 saturated carbocycles. The molecule has 9 nitrogen and oxygen atoms in total. The lowest BCUT2D eigenvalue weighted by Crippen LogP contribution is -2.30. The molecule has 1 atom stereocenters. The molecule has 1 unspecified atom stereocenters. The van der Waals surface area contributed by atoms with E-state index in [2.05, 4.69) is 21.7 Å². The molecular weight excluding hydrogens is 490 g/mol. The van der Waals surface area contributed by atoms with E-state index in [-0.39, 0.29) is 11.8 Å². The van der Waals surface area contributed by atoms with Gasteiger partial charge in [-0.25, -0.2) is 9.78 Å². The number of alkyl carbamates (subject to hydrolysis) is 1. The quantitative estimate of drug-likeness (QED) is 0.384. The number of aromatic nitrogens is 2. The van der Waals surface area contributed by atoms with E-state index in [9.17, 15) is 14.9 Å². The molecule has 37 heavy (non-hydrogen) atoms. The van der Waals surface area contributed by atoms with Crippen LogP contribution in [0.2, 0.25) is 0 Å². The van der Waals surface area contributed by atoms with Crippen LogP contribution in [0.1, 0.15) is 34.9 Å². The molecule has 0 radical (unpaired) electrons. The number of rotatable bonds is 10. The number of amides is 2. The summed E-state index contributed by atoms with van der Waals surface area (Å²) in [6.45, 7) is 3.82.